The van der Waals surface area contributed by atoms with Crippen molar-refractivity contribution in [1.29, 1.82) is 0 Å². The highest BCUT2D eigenvalue weighted by atomic mass is 16.5. The molecule has 4 nitrogen and oxygen atoms in total. The number of carbonyl (C=O) groups excluding carboxylic acids is 1. The van der Waals surface area contributed by atoms with Crippen LogP contribution in [-0.2, 0) is 6.42 Å². The average molecular weight is 325 g/mol. The molecule has 0 aliphatic rings. The molecular weight excluding hydrogens is 302 g/mol. The van der Waals surface area contributed by atoms with E-state index in [1.54, 1.807) is 19.2 Å². The lowest BCUT2D eigenvalue weighted by molar-refractivity contribution is 0.0953. The molecule has 2 aromatic carbocycles. The molecule has 2 aromatic rings. The van der Waals surface area contributed by atoms with Crippen LogP contribution >= 0.6 is 0 Å². The third-order valence-corrected chi connectivity index (χ3v) is 3.44. The van der Waals surface area contributed by atoms with Crippen molar-refractivity contribution in [2.45, 2.75) is 13.3 Å². The van der Waals surface area contributed by atoms with Gasteiger partial charge in [-0.15, -0.1) is 0 Å². The van der Waals surface area contributed by atoms with Gasteiger partial charge >= 0.3 is 0 Å². The first kappa shape index (κ1) is 17.6. The molecule has 0 bridgehead atoms. The minimum atomic E-state index is -0.107. The second-order valence-corrected chi connectivity index (χ2v) is 5.63. The Morgan fingerprint density at radius 2 is 1.88 bits per heavy atom. The SMILES string of the molecule is C=C(C)COc1cccc(C(=O)NCCc2ccc(OC)cc2)c1. The summed E-state index contributed by atoms with van der Waals surface area (Å²) in [5.41, 5.74) is 2.67. The van der Waals surface area contributed by atoms with Gasteiger partial charge in [-0.05, 0) is 54.8 Å². The Bertz CT molecular complexity index is 692. The third-order valence-electron chi connectivity index (χ3n) is 3.44. The smallest absolute Gasteiger partial charge is 0.251 e. The van der Waals surface area contributed by atoms with E-state index in [4.69, 9.17) is 9.47 Å². The zero-order chi connectivity index (χ0) is 17.4. The maximum absolute atomic E-state index is 12.2. The topological polar surface area (TPSA) is 47.6 Å². The summed E-state index contributed by atoms with van der Waals surface area (Å²) in [6.07, 6.45) is 0.765. The van der Waals surface area contributed by atoms with Crippen LogP contribution in [0.4, 0.5) is 0 Å². The zero-order valence-corrected chi connectivity index (χ0v) is 14.2. The fourth-order valence-electron chi connectivity index (χ4n) is 2.15. The minimum absolute atomic E-state index is 0.107. The number of benzene rings is 2. The fraction of sp³-hybridized carbons (Fsp3) is 0.250. The Morgan fingerprint density at radius 1 is 1.12 bits per heavy atom. The second-order valence-electron chi connectivity index (χ2n) is 5.63. The second kappa shape index (κ2) is 8.77. The third kappa shape index (κ3) is 5.47. The first-order valence-electron chi connectivity index (χ1n) is 7.87. The number of amides is 1. The summed E-state index contributed by atoms with van der Waals surface area (Å²) in [5, 5.41) is 2.92. The molecule has 0 aromatic heterocycles. The van der Waals surface area contributed by atoms with Crippen LogP contribution in [-0.4, -0.2) is 26.2 Å². The summed E-state index contributed by atoms with van der Waals surface area (Å²) in [6.45, 7) is 6.71. The van der Waals surface area contributed by atoms with Crippen LogP contribution in [0.15, 0.2) is 60.7 Å². The Hall–Kier alpha value is -2.75. The first-order valence-corrected chi connectivity index (χ1v) is 7.87. The molecule has 0 fully saturated rings. The van der Waals surface area contributed by atoms with Crippen molar-refractivity contribution >= 4 is 5.91 Å². The molecule has 0 radical (unpaired) electrons. The van der Waals surface area contributed by atoms with Gasteiger partial charge in [-0.25, -0.2) is 0 Å². The predicted molar refractivity (Wildman–Crippen MR) is 95.8 cm³/mol. The van der Waals surface area contributed by atoms with Crippen molar-refractivity contribution in [3.63, 3.8) is 0 Å². The number of methoxy groups -OCH3 is 1. The zero-order valence-electron chi connectivity index (χ0n) is 14.2. The molecule has 0 saturated heterocycles. The van der Waals surface area contributed by atoms with E-state index < -0.39 is 0 Å². The number of hydrogen-bond acceptors (Lipinski definition) is 3. The quantitative estimate of drug-likeness (QED) is 0.754. The van der Waals surface area contributed by atoms with Crippen molar-refractivity contribution in [2.75, 3.05) is 20.3 Å². The van der Waals surface area contributed by atoms with E-state index in [1.807, 2.05) is 43.3 Å². The molecule has 0 aliphatic carbocycles. The van der Waals surface area contributed by atoms with E-state index in [2.05, 4.69) is 11.9 Å². The van der Waals surface area contributed by atoms with Crippen molar-refractivity contribution in [2.24, 2.45) is 0 Å². The molecule has 126 valence electrons. The molecule has 0 heterocycles. The van der Waals surface area contributed by atoms with Crippen LogP contribution in [0.1, 0.15) is 22.8 Å². The Balaban J connectivity index is 1.85. The van der Waals surface area contributed by atoms with E-state index in [9.17, 15) is 4.79 Å². The molecule has 4 heteroatoms. The first-order chi connectivity index (χ1) is 11.6. The molecule has 1 N–H and O–H groups in total. The highest BCUT2D eigenvalue weighted by molar-refractivity contribution is 5.94. The number of ether oxygens (including phenoxy) is 2. The lowest BCUT2D eigenvalue weighted by atomic mass is 10.1. The lowest BCUT2D eigenvalue weighted by Gasteiger charge is -2.09. The van der Waals surface area contributed by atoms with E-state index in [0.717, 1.165) is 23.3 Å². The highest BCUT2D eigenvalue weighted by Gasteiger charge is 2.06. The Morgan fingerprint density at radius 3 is 2.54 bits per heavy atom. The van der Waals surface area contributed by atoms with Gasteiger partial charge in [0.05, 0.1) is 7.11 Å². The van der Waals surface area contributed by atoms with Crippen molar-refractivity contribution < 1.29 is 14.3 Å². The summed E-state index contributed by atoms with van der Waals surface area (Å²) < 4.78 is 10.7. The number of nitrogens with one attached hydrogen (secondary N) is 1. The monoisotopic (exact) mass is 325 g/mol. The van der Waals surface area contributed by atoms with Crippen LogP contribution in [0.2, 0.25) is 0 Å². The van der Waals surface area contributed by atoms with Gasteiger partial charge in [0.25, 0.3) is 5.91 Å². The Kier molecular flexibility index (Phi) is 6.43. The molecular formula is C20H23NO3. The number of hydrogen-bond donors (Lipinski definition) is 1. The van der Waals surface area contributed by atoms with Gasteiger partial charge in [-0.2, -0.15) is 0 Å². The molecule has 1 amide bonds. The van der Waals surface area contributed by atoms with Crippen LogP contribution in [0, 0.1) is 0 Å². The van der Waals surface area contributed by atoms with Crippen molar-refractivity contribution in [3.8, 4) is 11.5 Å². The van der Waals surface area contributed by atoms with Gasteiger partial charge in [0.1, 0.15) is 18.1 Å². The minimum Gasteiger partial charge on any atom is -0.497 e. The molecule has 0 saturated carbocycles. The van der Waals surface area contributed by atoms with E-state index >= 15 is 0 Å². The van der Waals surface area contributed by atoms with Crippen molar-refractivity contribution in [1.82, 2.24) is 5.32 Å². The predicted octanol–water partition coefficient (Wildman–Crippen LogP) is 3.62. The molecule has 0 atom stereocenters. The largest absolute Gasteiger partial charge is 0.497 e. The van der Waals surface area contributed by atoms with Crippen molar-refractivity contribution in [3.05, 3.63) is 71.8 Å². The molecule has 24 heavy (non-hydrogen) atoms. The summed E-state index contributed by atoms with van der Waals surface area (Å²) in [5.74, 6) is 1.39. The normalized spacial score (nSPS) is 10.1. The van der Waals surface area contributed by atoms with Gasteiger partial charge in [0.15, 0.2) is 0 Å². The number of carbonyl (C=O) groups is 1. The van der Waals surface area contributed by atoms with Crippen LogP contribution in [0.5, 0.6) is 11.5 Å². The maximum atomic E-state index is 12.2. The molecule has 2 rings (SSSR count). The average Bonchev–Trinajstić information content (AvgIpc) is 2.60. The van der Waals surface area contributed by atoms with Gasteiger partial charge < -0.3 is 14.8 Å². The van der Waals surface area contributed by atoms with Crippen LogP contribution in [0.3, 0.4) is 0 Å². The van der Waals surface area contributed by atoms with Gasteiger partial charge in [-0.3, -0.25) is 4.79 Å². The van der Waals surface area contributed by atoms with Crippen LogP contribution < -0.4 is 14.8 Å². The molecule has 0 aliphatic heterocycles. The maximum Gasteiger partial charge on any atom is 0.251 e. The fourth-order valence-corrected chi connectivity index (χ4v) is 2.15. The summed E-state index contributed by atoms with van der Waals surface area (Å²) >= 11 is 0. The molecule has 0 spiro atoms. The summed E-state index contributed by atoms with van der Waals surface area (Å²) in [6, 6.07) is 15.0. The highest BCUT2D eigenvalue weighted by Crippen LogP contribution is 2.14. The molecule has 0 unspecified atom stereocenters. The van der Waals surface area contributed by atoms with Gasteiger partial charge in [0, 0.05) is 12.1 Å². The van der Waals surface area contributed by atoms with Gasteiger partial charge in [0.2, 0.25) is 0 Å². The lowest BCUT2D eigenvalue weighted by Crippen LogP contribution is -2.25. The Labute approximate surface area is 143 Å². The van der Waals surface area contributed by atoms with Gasteiger partial charge in [-0.1, -0.05) is 24.8 Å². The van der Waals surface area contributed by atoms with E-state index in [-0.39, 0.29) is 5.91 Å². The standard InChI is InChI=1S/C20H23NO3/c1-15(2)14-24-19-6-4-5-17(13-19)20(22)21-12-11-16-7-9-18(23-3)10-8-16/h4-10,13H,1,11-12,14H2,2-3H3,(H,21,22). The van der Waals surface area contributed by atoms with E-state index in [0.29, 0.717) is 24.5 Å². The summed E-state index contributed by atoms with van der Waals surface area (Å²) in [4.78, 5) is 12.2. The number of rotatable bonds is 8. The summed E-state index contributed by atoms with van der Waals surface area (Å²) in [7, 11) is 1.64. The van der Waals surface area contributed by atoms with E-state index in [1.165, 1.54) is 0 Å². The van der Waals surface area contributed by atoms with Crippen LogP contribution in [0.25, 0.3) is 0 Å².